The van der Waals surface area contributed by atoms with Crippen LogP contribution in [0.3, 0.4) is 0 Å². The molecule has 0 unspecified atom stereocenters. The Morgan fingerprint density at radius 1 is 1.14 bits per heavy atom. The van der Waals surface area contributed by atoms with Gasteiger partial charge in [-0.25, -0.2) is 4.98 Å². The van der Waals surface area contributed by atoms with Crippen LogP contribution in [0.4, 0.5) is 5.13 Å². The number of fused-ring (bicyclic) bond motifs is 2. The summed E-state index contributed by atoms with van der Waals surface area (Å²) in [5, 5.41) is 0.686. The minimum atomic E-state index is -0.0543. The van der Waals surface area contributed by atoms with E-state index in [9.17, 15) is 4.79 Å². The van der Waals surface area contributed by atoms with Gasteiger partial charge in [-0.2, -0.15) is 0 Å². The molecule has 6 nitrogen and oxygen atoms in total. The zero-order chi connectivity index (χ0) is 20.4. The first-order valence-corrected chi connectivity index (χ1v) is 11.0. The summed E-state index contributed by atoms with van der Waals surface area (Å²) in [6.07, 6.45) is 0.853. The SMILES string of the molecule is CN(C)CCCN(C(=O)c1cccc(Br)c1)c1nc2cc3c(cc2s1)OCCO3. The fourth-order valence-electron chi connectivity index (χ4n) is 3.17. The lowest BCUT2D eigenvalue weighted by molar-refractivity contribution is 0.0986. The molecule has 2 heterocycles. The second-order valence-corrected chi connectivity index (χ2v) is 9.01. The summed E-state index contributed by atoms with van der Waals surface area (Å²) in [5.41, 5.74) is 1.45. The number of hydrogen-bond acceptors (Lipinski definition) is 6. The second kappa shape index (κ2) is 8.69. The monoisotopic (exact) mass is 475 g/mol. The van der Waals surface area contributed by atoms with Crippen molar-refractivity contribution in [1.29, 1.82) is 0 Å². The zero-order valence-electron chi connectivity index (χ0n) is 16.4. The maximum atomic E-state index is 13.3. The maximum absolute atomic E-state index is 13.3. The van der Waals surface area contributed by atoms with E-state index in [1.165, 1.54) is 11.3 Å². The Balaban J connectivity index is 1.68. The average molecular weight is 476 g/mol. The molecule has 0 saturated heterocycles. The molecule has 2 aromatic carbocycles. The van der Waals surface area contributed by atoms with Crippen LogP contribution < -0.4 is 14.4 Å². The van der Waals surface area contributed by atoms with Crippen LogP contribution in [0.15, 0.2) is 40.9 Å². The van der Waals surface area contributed by atoms with Crippen molar-refractivity contribution in [2.24, 2.45) is 0 Å². The Morgan fingerprint density at radius 2 is 1.90 bits per heavy atom. The maximum Gasteiger partial charge on any atom is 0.260 e. The third kappa shape index (κ3) is 4.55. The molecular weight excluding hydrogens is 454 g/mol. The van der Waals surface area contributed by atoms with E-state index in [2.05, 4.69) is 20.8 Å². The topological polar surface area (TPSA) is 54.9 Å². The highest BCUT2D eigenvalue weighted by molar-refractivity contribution is 9.10. The van der Waals surface area contributed by atoms with E-state index < -0.39 is 0 Å². The van der Waals surface area contributed by atoms with E-state index in [1.54, 1.807) is 4.90 Å². The summed E-state index contributed by atoms with van der Waals surface area (Å²) < 4.78 is 13.2. The van der Waals surface area contributed by atoms with Crippen molar-refractivity contribution in [2.75, 3.05) is 45.3 Å². The Kier molecular flexibility index (Phi) is 6.03. The van der Waals surface area contributed by atoms with Crippen LogP contribution in [0.1, 0.15) is 16.8 Å². The third-order valence-corrected chi connectivity index (χ3v) is 6.11. The van der Waals surface area contributed by atoms with Gasteiger partial charge in [-0.1, -0.05) is 33.3 Å². The summed E-state index contributed by atoms with van der Waals surface area (Å²) in [5.74, 6) is 1.39. The number of carbonyl (C=O) groups is 1. The standard InChI is InChI=1S/C21H22BrN3O3S/c1-24(2)7-4-8-25(20(26)14-5-3-6-15(22)11-14)21-23-16-12-17-18(13-19(16)29-21)28-10-9-27-17/h3,5-6,11-13H,4,7-10H2,1-2H3. The van der Waals surface area contributed by atoms with Gasteiger partial charge in [0.2, 0.25) is 0 Å². The van der Waals surface area contributed by atoms with Gasteiger partial charge in [-0.3, -0.25) is 9.69 Å². The molecule has 1 aliphatic heterocycles. The van der Waals surface area contributed by atoms with Gasteiger partial charge >= 0.3 is 0 Å². The van der Waals surface area contributed by atoms with Crippen molar-refractivity contribution in [3.63, 3.8) is 0 Å². The summed E-state index contributed by atoms with van der Waals surface area (Å²) in [4.78, 5) is 22.0. The predicted octanol–water partition coefficient (Wildman–Crippen LogP) is 4.43. The van der Waals surface area contributed by atoms with Crippen LogP contribution in [0.25, 0.3) is 10.2 Å². The summed E-state index contributed by atoms with van der Waals surface area (Å²) in [6.45, 7) is 2.56. The van der Waals surface area contributed by atoms with Gasteiger partial charge in [0.1, 0.15) is 13.2 Å². The number of nitrogens with zero attached hydrogens (tertiary/aromatic N) is 3. The van der Waals surface area contributed by atoms with Gasteiger partial charge < -0.3 is 14.4 Å². The molecule has 1 aromatic heterocycles. The second-order valence-electron chi connectivity index (χ2n) is 7.08. The Labute approximate surface area is 182 Å². The average Bonchev–Trinajstić information content (AvgIpc) is 3.11. The van der Waals surface area contributed by atoms with Gasteiger partial charge in [0.15, 0.2) is 16.6 Å². The number of rotatable bonds is 6. The smallest absolute Gasteiger partial charge is 0.260 e. The van der Waals surface area contributed by atoms with Gasteiger partial charge in [-0.15, -0.1) is 0 Å². The van der Waals surface area contributed by atoms with Crippen molar-refractivity contribution in [3.05, 3.63) is 46.4 Å². The molecule has 3 aromatic rings. The molecule has 0 bridgehead atoms. The van der Waals surface area contributed by atoms with Crippen LogP contribution in [-0.4, -0.2) is 56.2 Å². The normalized spacial score (nSPS) is 13.1. The molecular formula is C21H22BrN3O3S. The molecule has 8 heteroatoms. The number of anilines is 1. The lowest BCUT2D eigenvalue weighted by Gasteiger charge is -2.21. The number of thiazole rings is 1. The van der Waals surface area contributed by atoms with Crippen LogP contribution in [0.5, 0.6) is 11.5 Å². The molecule has 1 amide bonds. The molecule has 0 N–H and O–H groups in total. The van der Waals surface area contributed by atoms with E-state index in [0.29, 0.717) is 36.2 Å². The lowest BCUT2D eigenvalue weighted by atomic mass is 10.2. The summed E-state index contributed by atoms with van der Waals surface area (Å²) in [6, 6.07) is 11.3. The minimum absolute atomic E-state index is 0.0543. The summed E-state index contributed by atoms with van der Waals surface area (Å²) in [7, 11) is 4.06. The van der Waals surface area contributed by atoms with E-state index in [1.807, 2.05) is 50.5 Å². The quantitative estimate of drug-likeness (QED) is 0.527. The first-order chi connectivity index (χ1) is 14.0. The van der Waals surface area contributed by atoms with Crippen molar-refractivity contribution < 1.29 is 14.3 Å². The molecule has 152 valence electrons. The van der Waals surface area contributed by atoms with Crippen molar-refractivity contribution >= 4 is 48.5 Å². The molecule has 1 aliphatic rings. The van der Waals surface area contributed by atoms with Crippen molar-refractivity contribution in [2.45, 2.75) is 6.42 Å². The zero-order valence-corrected chi connectivity index (χ0v) is 18.8. The Bertz CT molecular complexity index is 994. The molecule has 0 saturated carbocycles. The molecule has 4 rings (SSSR count). The highest BCUT2D eigenvalue weighted by Crippen LogP contribution is 2.39. The molecule has 0 atom stereocenters. The molecule has 0 aliphatic carbocycles. The Hall–Kier alpha value is -2.16. The van der Waals surface area contributed by atoms with Crippen LogP contribution in [-0.2, 0) is 0 Å². The number of amides is 1. The highest BCUT2D eigenvalue weighted by Gasteiger charge is 2.23. The lowest BCUT2D eigenvalue weighted by Crippen LogP contribution is -2.33. The number of halogens is 1. The van der Waals surface area contributed by atoms with Gasteiger partial charge in [0.05, 0.1) is 10.2 Å². The summed E-state index contributed by atoms with van der Waals surface area (Å²) >= 11 is 4.95. The third-order valence-electron chi connectivity index (χ3n) is 4.58. The van der Waals surface area contributed by atoms with Crippen LogP contribution in [0.2, 0.25) is 0 Å². The first kappa shape index (κ1) is 20.1. The number of ether oxygens (including phenoxy) is 2. The van der Waals surface area contributed by atoms with Gasteiger partial charge in [0.25, 0.3) is 5.91 Å². The highest BCUT2D eigenvalue weighted by atomic mass is 79.9. The molecule has 29 heavy (non-hydrogen) atoms. The fourth-order valence-corrected chi connectivity index (χ4v) is 4.57. The predicted molar refractivity (Wildman–Crippen MR) is 120 cm³/mol. The number of hydrogen-bond donors (Lipinski definition) is 0. The number of aromatic nitrogens is 1. The fraction of sp³-hybridized carbons (Fsp3) is 0.333. The van der Waals surface area contributed by atoms with E-state index in [0.717, 1.165) is 33.4 Å². The van der Waals surface area contributed by atoms with E-state index in [4.69, 9.17) is 14.5 Å². The van der Waals surface area contributed by atoms with Gasteiger partial charge in [-0.05, 0) is 45.3 Å². The van der Waals surface area contributed by atoms with Crippen LogP contribution >= 0.6 is 27.3 Å². The van der Waals surface area contributed by atoms with Crippen molar-refractivity contribution in [3.8, 4) is 11.5 Å². The first-order valence-electron chi connectivity index (χ1n) is 9.43. The van der Waals surface area contributed by atoms with Crippen molar-refractivity contribution in [1.82, 2.24) is 9.88 Å². The van der Waals surface area contributed by atoms with Crippen LogP contribution in [0, 0.1) is 0 Å². The van der Waals surface area contributed by atoms with E-state index >= 15 is 0 Å². The molecule has 0 spiro atoms. The van der Waals surface area contributed by atoms with E-state index in [-0.39, 0.29) is 5.91 Å². The van der Waals surface area contributed by atoms with Gasteiger partial charge in [0, 0.05) is 28.7 Å². The molecule has 0 radical (unpaired) electrons. The molecule has 0 fully saturated rings. The minimum Gasteiger partial charge on any atom is -0.486 e. The number of benzene rings is 2. The largest absolute Gasteiger partial charge is 0.486 e. The Morgan fingerprint density at radius 3 is 2.62 bits per heavy atom. The number of carbonyl (C=O) groups excluding carboxylic acids is 1.